The summed E-state index contributed by atoms with van der Waals surface area (Å²) in [5.74, 6) is 1.30. The lowest BCUT2D eigenvalue weighted by molar-refractivity contribution is -0.120. The smallest absolute Gasteiger partial charge is 0.231 e. The van der Waals surface area contributed by atoms with Crippen LogP contribution in [0.15, 0.2) is 11.6 Å². The van der Waals surface area contributed by atoms with Gasteiger partial charge in [-0.25, -0.2) is 0 Å². The van der Waals surface area contributed by atoms with Gasteiger partial charge < -0.3 is 5.73 Å². The normalized spacial score (nSPS) is 40.1. The van der Waals surface area contributed by atoms with Crippen molar-refractivity contribution in [3.8, 4) is 0 Å². The van der Waals surface area contributed by atoms with Gasteiger partial charge in [-0.15, -0.1) is 0 Å². The van der Waals surface area contributed by atoms with Crippen molar-refractivity contribution in [2.45, 2.75) is 50.6 Å². The largest absolute Gasteiger partial charge is 0.369 e. The van der Waals surface area contributed by atoms with Crippen LogP contribution in [0.3, 0.4) is 0 Å². The highest BCUT2D eigenvalue weighted by Gasteiger charge is 2.45. The van der Waals surface area contributed by atoms with Crippen molar-refractivity contribution < 1.29 is 4.79 Å². The molecule has 0 spiro atoms. The van der Waals surface area contributed by atoms with Gasteiger partial charge in [0.05, 0.1) is 6.54 Å². The van der Waals surface area contributed by atoms with E-state index < -0.39 is 0 Å². The van der Waals surface area contributed by atoms with Gasteiger partial charge in [0.25, 0.3) is 0 Å². The van der Waals surface area contributed by atoms with Gasteiger partial charge in [0.1, 0.15) is 0 Å². The first-order valence-electron chi connectivity index (χ1n) is 8.69. The number of hydrogen-bond donors (Lipinski definition) is 1. The van der Waals surface area contributed by atoms with Crippen molar-refractivity contribution in [3.63, 3.8) is 0 Å². The number of carbonyl (C=O) groups is 1. The average Bonchev–Trinajstić information content (AvgIpc) is 2.47. The molecule has 0 aromatic rings. The molecule has 1 aliphatic carbocycles. The molecule has 0 aromatic heterocycles. The maximum atomic E-state index is 11.4. The Morgan fingerprint density at radius 1 is 1.29 bits per heavy atom. The maximum absolute atomic E-state index is 11.4. The first-order valence-corrected chi connectivity index (χ1v) is 8.69. The Bertz CT molecular complexity index is 461. The lowest BCUT2D eigenvalue weighted by atomic mass is 9.68. The van der Waals surface area contributed by atoms with Crippen molar-refractivity contribution in [2.75, 3.05) is 26.2 Å². The Morgan fingerprint density at radius 2 is 2.19 bits per heavy atom. The van der Waals surface area contributed by atoms with E-state index in [0.29, 0.717) is 18.5 Å². The number of nitrogens with two attached hydrogens (primary N) is 1. The zero-order chi connectivity index (χ0) is 14.4. The molecule has 0 saturated carbocycles. The summed E-state index contributed by atoms with van der Waals surface area (Å²) in [6, 6.07) is 1.29. The Morgan fingerprint density at radius 3 is 3.05 bits per heavy atom. The molecule has 4 atom stereocenters. The third kappa shape index (κ3) is 2.42. The van der Waals surface area contributed by atoms with Gasteiger partial charge >= 0.3 is 0 Å². The molecule has 4 nitrogen and oxygen atoms in total. The molecule has 2 bridgehead atoms. The third-order valence-corrected chi connectivity index (χ3v) is 6.12. The number of likely N-dealkylation sites (tertiary alicyclic amines) is 1. The molecular formula is C17H27N3O. The second-order valence-electron chi connectivity index (χ2n) is 7.44. The maximum Gasteiger partial charge on any atom is 0.231 e. The summed E-state index contributed by atoms with van der Waals surface area (Å²) in [5, 5.41) is 0. The highest BCUT2D eigenvalue weighted by atomic mass is 16.1. The van der Waals surface area contributed by atoms with Crippen molar-refractivity contribution in [2.24, 2.45) is 17.6 Å². The Hall–Kier alpha value is -0.870. The van der Waals surface area contributed by atoms with Crippen molar-refractivity contribution >= 4 is 5.91 Å². The summed E-state index contributed by atoms with van der Waals surface area (Å²) >= 11 is 0. The molecule has 3 heterocycles. The number of amides is 1. The monoisotopic (exact) mass is 289 g/mol. The molecule has 116 valence electrons. The van der Waals surface area contributed by atoms with E-state index >= 15 is 0 Å². The quantitative estimate of drug-likeness (QED) is 0.781. The topological polar surface area (TPSA) is 49.6 Å². The second-order valence-corrected chi connectivity index (χ2v) is 7.44. The number of nitrogens with zero attached hydrogens (tertiary/aromatic N) is 2. The predicted octanol–water partition coefficient (Wildman–Crippen LogP) is 1.37. The summed E-state index contributed by atoms with van der Waals surface area (Å²) in [7, 11) is 0. The van der Waals surface area contributed by atoms with Gasteiger partial charge in [-0.1, -0.05) is 18.1 Å². The molecule has 3 aliphatic heterocycles. The summed E-state index contributed by atoms with van der Waals surface area (Å²) in [4.78, 5) is 16.5. The Kier molecular flexibility index (Phi) is 3.54. The average molecular weight is 289 g/mol. The fourth-order valence-electron chi connectivity index (χ4n) is 5.46. The van der Waals surface area contributed by atoms with Gasteiger partial charge in [-0.3, -0.25) is 14.6 Å². The van der Waals surface area contributed by atoms with E-state index in [4.69, 9.17) is 5.73 Å². The predicted molar refractivity (Wildman–Crippen MR) is 82.7 cm³/mol. The number of hydrogen-bond acceptors (Lipinski definition) is 3. The zero-order valence-electron chi connectivity index (χ0n) is 12.8. The fraction of sp³-hybridized carbons (Fsp3) is 0.824. The number of carbonyl (C=O) groups excluding carboxylic acids is 1. The van der Waals surface area contributed by atoms with Crippen LogP contribution in [0.2, 0.25) is 0 Å². The van der Waals surface area contributed by atoms with Gasteiger partial charge in [0.15, 0.2) is 0 Å². The van der Waals surface area contributed by atoms with Crippen LogP contribution < -0.4 is 5.73 Å². The second kappa shape index (κ2) is 5.40. The highest BCUT2D eigenvalue weighted by molar-refractivity contribution is 5.76. The van der Waals surface area contributed by atoms with E-state index in [-0.39, 0.29) is 5.91 Å². The number of primary amides is 1. The molecule has 4 heteroatoms. The summed E-state index contributed by atoms with van der Waals surface area (Å²) in [6.45, 7) is 3.99. The lowest BCUT2D eigenvalue weighted by Gasteiger charge is -2.54. The third-order valence-electron chi connectivity index (χ3n) is 6.12. The fourth-order valence-corrected chi connectivity index (χ4v) is 5.46. The molecule has 0 radical (unpaired) electrons. The van der Waals surface area contributed by atoms with Crippen molar-refractivity contribution in [1.29, 1.82) is 0 Å². The Balaban J connectivity index is 1.61. The van der Waals surface area contributed by atoms with Crippen LogP contribution in [0, 0.1) is 11.8 Å². The molecule has 2 unspecified atom stereocenters. The van der Waals surface area contributed by atoms with Crippen LogP contribution in [0.1, 0.15) is 38.5 Å². The summed E-state index contributed by atoms with van der Waals surface area (Å²) < 4.78 is 0. The van der Waals surface area contributed by atoms with Crippen LogP contribution in [0.4, 0.5) is 0 Å². The molecule has 2 N–H and O–H groups in total. The first-order chi connectivity index (χ1) is 10.2. The van der Waals surface area contributed by atoms with Gasteiger partial charge in [0.2, 0.25) is 5.91 Å². The minimum absolute atomic E-state index is 0.176. The van der Waals surface area contributed by atoms with Crippen molar-refractivity contribution in [3.05, 3.63) is 11.6 Å². The van der Waals surface area contributed by atoms with E-state index in [9.17, 15) is 4.79 Å². The van der Waals surface area contributed by atoms with Crippen LogP contribution in [0.25, 0.3) is 0 Å². The van der Waals surface area contributed by atoms with Crippen LogP contribution in [0.5, 0.6) is 0 Å². The Labute approximate surface area is 127 Å². The molecular weight excluding hydrogens is 262 g/mol. The molecule has 1 amide bonds. The lowest BCUT2D eigenvalue weighted by Crippen LogP contribution is -2.59. The van der Waals surface area contributed by atoms with E-state index in [1.807, 2.05) is 0 Å². The van der Waals surface area contributed by atoms with E-state index in [1.165, 1.54) is 51.6 Å². The van der Waals surface area contributed by atoms with Crippen LogP contribution >= 0.6 is 0 Å². The molecule has 21 heavy (non-hydrogen) atoms. The molecule has 3 fully saturated rings. The molecule has 4 rings (SSSR count). The van der Waals surface area contributed by atoms with Gasteiger partial charge in [0, 0.05) is 18.6 Å². The molecule has 4 aliphatic rings. The number of rotatable bonds is 2. The van der Waals surface area contributed by atoms with E-state index in [2.05, 4.69) is 15.9 Å². The standard InChI is InChI=1S/C17H27N3O/c18-16(21)11-20-7-3-4-12-8-13-9-14(17(12)20)10-19-6-2-1-5-15(13)19/h8,13-15,17H,1-7,9-11H2,(H2,18,21)/t13?,14?,15-,17-/m1/s1. The van der Waals surface area contributed by atoms with E-state index in [1.54, 1.807) is 5.57 Å². The molecule has 3 saturated heterocycles. The minimum Gasteiger partial charge on any atom is -0.369 e. The van der Waals surface area contributed by atoms with Gasteiger partial charge in [-0.05, 0) is 57.0 Å². The van der Waals surface area contributed by atoms with E-state index in [0.717, 1.165) is 18.5 Å². The SMILES string of the molecule is NC(=O)CN1CCCC2=CC3CC(CN4CCCC[C@H]34)[C@@H]21. The van der Waals surface area contributed by atoms with Gasteiger partial charge in [-0.2, -0.15) is 0 Å². The zero-order valence-corrected chi connectivity index (χ0v) is 12.8. The van der Waals surface area contributed by atoms with Crippen LogP contribution in [-0.2, 0) is 4.79 Å². The minimum atomic E-state index is -0.176. The highest BCUT2D eigenvalue weighted by Crippen LogP contribution is 2.44. The molecule has 0 aromatic carbocycles. The summed E-state index contributed by atoms with van der Waals surface area (Å²) in [5.41, 5.74) is 7.09. The van der Waals surface area contributed by atoms with Crippen molar-refractivity contribution in [1.82, 2.24) is 9.80 Å². The summed E-state index contributed by atoms with van der Waals surface area (Å²) in [6.07, 6.45) is 10.5. The van der Waals surface area contributed by atoms with Crippen LogP contribution in [-0.4, -0.2) is 54.0 Å². The first kappa shape index (κ1) is 13.8. The number of piperidine rings is 3. The number of fused-ring (bicyclic) bond motifs is 6.